The fraction of sp³-hybridized carbons (Fsp3) is 0.400. The lowest BCUT2D eigenvalue weighted by Gasteiger charge is -2.23. The predicted octanol–water partition coefficient (Wildman–Crippen LogP) is 1.64. The summed E-state index contributed by atoms with van der Waals surface area (Å²) in [4.78, 5) is 4.33. The molecule has 0 bridgehead atoms. The van der Waals surface area contributed by atoms with Crippen molar-refractivity contribution >= 4 is 20.9 Å². The summed E-state index contributed by atoms with van der Waals surface area (Å²) in [5.74, 6) is 0. The third-order valence-electron chi connectivity index (χ3n) is 4.04. The molecule has 1 aliphatic heterocycles. The second kappa shape index (κ2) is 5.57. The molecule has 7 heteroatoms. The van der Waals surface area contributed by atoms with Crippen LogP contribution in [0, 0.1) is 6.92 Å². The second-order valence-corrected chi connectivity index (χ2v) is 7.38. The zero-order chi connectivity index (χ0) is 15.9. The number of rotatable bonds is 3. The van der Waals surface area contributed by atoms with E-state index in [9.17, 15) is 17.9 Å². The van der Waals surface area contributed by atoms with Crippen LogP contribution in [0.5, 0.6) is 0 Å². The number of alkyl halides is 1. The third kappa shape index (κ3) is 2.39. The van der Waals surface area contributed by atoms with Crippen LogP contribution in [0.15, 0.2) is 35.4 Å². The van der Waals surface area contributed by atoms with Crippen molar-refractivity contribution in [2.75, 3.05) is 13.2 Å². The Morgan fingerprint density at radius 2 is 2.18 bits per heavy atom. The molecule has 2 heterocycles. The number of nitrogens with zero attached hydrogens (tertiary/aromatic N) is 2. The van der Waals surface area contributed by atoms with E-state index in [1.807, 2.05) is 6.92 Å². The molecule has 1 aromatic heterocycles. The highest BCUT2D eigenvalue weighted by Gasteiger charge is 2.40. The van der Waals surface area contributed by atoms with E-state index in [1.165, 1.54) is 6.07 Å². The molecule has 1 aliphatic rings. The lowest BCUT2D eigenvalue weighted by Crippen LogP contribution is -2.37. The number of halogens is 1. The average molecular weight is 324 g/mol. The summed E-state index contributed by atoms with van der Waals surface area (Å²) in [5.41, 5.74) is 1.48. The maximum Gasteiger partial charge on any atom is 0.244 e. The molecule has 1 aromatic carbocycles. The minimum atomic E-state index is -3.88. The van der Waals surface area contributed by atoms with Crippen LogP contribution in [0.3, 0.4) is 0 Å². The zero-order valence-corrected chi connectivity index (χ0v) is 12.9. The quantitative estimate of drug-likeness (QED) is 0.932. The third-order valence-corrected chi connectivity index (χ3v) is 6.02. The van der Waals surface area contributed by atoms with Crippen LogP contribution in [0.4, 0.5) is 4.39 Å². The van der Waals surface area contributed by atoms with E-state index < -0.39 is 22.2 Å². The number of aromatic nitrogens is 1. The van der Waals surface area contributed by atoms with Crippen molar-refractivity contribution in [1.82, 2.24) is 9.29 Å². The van der Waals surface area contributed by atoms with Crippen LogP contribution >= 0.6 is 0 Å². The van der Waals surface area contributed by atoms with Crippen LogP contribution in [0.2, 0.25) is 0 Å². The number of fused-ring (bicyclic) bond motifs is 1. The number of aryl methyl sites for hydroxylation is 1. The Morgan fingerprint density at radius 1 is 1.41 bits per heavy atom. The Labute approximate surface area is 128 Å². The second-order valence-electron chi connectivity index (χ2n) is 5.52. The van der Waals surface area contributed by atoms with E-state index in [0.717, 1.165) is 9.87 Å². The molecule has 0 unspecified atom stereocenters. The van der Waals surface area contributed by atoms with Crippen LogP contribution in [-0.4, -0.2) is 48.2 Å². The van der Waals surface area contributed by atoms with Crippen molar-refractivity contribution in [3.05, 3.63) is 36.0 Å². The molecule has 1 N–H and O–H groups in total. The summed E-state index contributed by atoms with van der Waals surface area (Å²) in [6, 6.07) is 5.87. The highest BCUT2D eigenvalue weighted by atomic mass is 32.2. The van der Waals surface area contributed by atoms with Gasteiger partial charge in [-0.2, -0.15) is 4.31 Å². The van der Waals surface area contributed by atoms with Crippen LogP contribution in [0.25, 0.3) is 10.9 Å². The fourth-order valence-corrected chi connectivity index (χ4v) is 4.77. The standard InChI is InChI=1S/C15H17FN2O3S/c1-10-4-5-14(13-3-2-6-17-15(10)13)22(20,21)18-8-11(16)7-12(18)9-19/h2-6,11-12,19H,7-9H2,1H3/t11-,12-/m0/s1. The molecule has 3 rings (SSSR count). The maximum absolute atomic E-state index is 13.6. The molecule has 2 atom stereocenters. The molecule has 0 aliphatic carbocycles. The number of benzene rings is 1. The minimum Gasteiger partial charge on any atom is -0.395 e. The Balaban J connectivity index is 2.16. The van der Waals surface area contributed by atoms with Gasteiger partial charge in [-0.3, -0.25) is 4.98 Å². The first-order valence-electron chi connectivity index (χ1n) is 7.06. The van der Waals surface area contributed by atoms with E-state index in [1.54, 1.807) is 24.4 Å². The van der Waals surface area contributed by atoms with Gasteiger partial charge in [-0.05, 0) is 37.1 Å². The smallest absolute Gasteiger partial charge is 0.244 e. The van der Waals surface area contributed by atoms with Crippen molar-refractivity contribution in [2.24, 2.45) is 0 Å². The molecule has 1 saturated heterocycles. The number of hydrogen-bond acceptors (Lipinski definition) is 4. The molecule has 0 amide bonds. The summed E-state index contributed by atoms with van der Waals surface area (Å²) in [6.45, 7) is 1.25. The fourth-order valence-electron chi connectivity index (χ4n) is 2.93. The maximum atomic E-state index is 13.6. The monoisotopic (exact) mass is 324 g/mol. The molecular formula is C15H17FN2O3S. The van der Waals surface area contributed by atoms with Crippen molar-refractivity contribution < 1.29 is 17.9 Å². The van der Waals surface area contributed by atoms with Gasteiger partial charge < -0.3 is 5.11 Å². The van der Waals surface area contributed by atoms with Gasteiger partial charge in [0.1, 0.15) is 6.17 Å². The molecule has 0 spiro atoms. The average Bonchev–Trinajstić information content (AvgIpc) is 2.89. The van der Waals surface area contributed by atoms with Crippen LogP contribution in [-0.2, 0) is 10.0 Å². The lowest BCUT2D eigenvalue weighted by atomic mass is 10.1. The summed E-state index contributed by atoms with van der Waals surface area (Å²) >= 11 is 0. The van der Waals surface area contributed by atoms with Gasteiger partial charge in [0.05, 0.1) is 23.1 Å². The predicted molar refractivity (Wildman–Crippen MR) is 80.8 cm³/mol. The van der Waals surface area contributed by atoms with Crippen molar-refractivity contribution in [1.29, 1.82) is 0 Å². The summed E-state index contributed by atoms with van der Waals surface area (Å²) in [5, 5.41) is 9.85. The SMILES string of the molecule is Cc1ccc(S(=O)(=O)N2C[C@@H](F)C[C@H]2CO)c2cccnc12. The molecule has 0 saturated carbocycles. The molecule has 118 valence electrons. The Morgan fingerprint density at radius 3 is 2.91 bits per heavy atom. The van der Waals surface area contributed by atoms with E-state index in [0.29, 0.717) is 10.9 Å². The van der Waals surface area contributed by atoms with Crippen LogP contribution in [0.1, 0.15) is 12.0 Å². The molecule has 0 radical (unpaired) electrons. The van der Waals surface area contributed by atoms with E-state index in [2.05, 4.69) is 4.98 Å². The zero-order valence-electron chi connectivity index (χ0n) is 12.1. The highest BCUT2D eigenvalue weighted by Crippen LogP contribution is 2.31. The minimum absolute atomic E-state index is 0.0256. The number of aliphatic hydroxyl groups is 1. The van der Waals surface area contributed by atoms with Gasteiger partial charge >= 0.3 is 0 Å². The van der Waals surface area contributed by atoms with Crippen molar-refractivity contribution in [3.8, 4) is 0 Å². The molecule has 22 heavy (non-hydrogen) atoms. The summed E-state index contributed by atoms with van der Waals surface area (Å²) in [6.07, 6.45) is 0.384. The number of pyridine rings is 1. The first kappa shape index (κ1) is 15.3. The number of aliphatic hydroxyl groups excluding tert-OH is 1. The van der Waals surface area contributed by atoms with E-state index in [4.69, 9.17) is 0 Å². The Kier molecular flexibility index (Phi) is 3.88. The first-order valence-corrected chi connectivity index (χ1v) is 8.50. The summed E-state index contributed by atoms with van der Waals surface area (Å²) < 4.78 is 40.5. The van der Waals surface area contributed by atoms with Gasteiger partial charge in [0.2, 0.25) is 10.0 Å². The van der Waals surface area contributed by atoms with Gasteiger partial charge in [-0.15, -0.1) is 0 Å². The first-order chi connectivity index (χ1) is 10.4. The molecule has 5 nitrogen and oxygen atoms in total. The number of hydrogen-bond donors (Lipinski definition) is 1. The Bertz CT molecular complexity index is 810. The Hall–Kier alpha value is -1.57. The molecular weight excluding hydrogens is 307 g/mol. The van der Waals surface area contributed by atoms with E-state index in [-0.39, 0.29) is 24.5 Å². The highest BCUT2D eigenvalue weighted by molar-refractivity contribution is 7.89. The summed E-state index contributed by atoms with van der Waals surface area (Å²) in [7, 11) is -3.88. The van der Waals surface area contributed by atoms with Gasteiger partial charge in [-0.25, -0.2) is 12.8 Å². The van der Waals surface area contributed by atoms with Gasteiger partial charge in [0.25, 0.3) is 0 Å². The largest absolute Gasteiger partial charge is 0.395 e. The molecule has 1 fully saturated rings. The van der Waals surface area contributed by atoms with Gasteiger partial charge in [0, 0.05) is 18.1 Å². The van der Waals surface area contributed by atoms with Gasteiger partial charge in [-0.1, -0.05) is 6.07 Å². The van der Waals surface area contributed by atoms with Gasteiger partial charge in [0.15, 0.2) is 0 Å². The number of sulfonamides is 1. The topological polar surface area (TPSA) is 70.5 Å². The van der Waals surface area contributed by atoms with E-state index >= 15 is 0 Å². The van der Waals surface area contributed by atoms with Crippen molar-refractivity contribution in [2.45, 2.75) is 30.5 Å². The molecule has 2 aromatic rings. The normalized spacial score (nSPS) is 23.2. The van der Waals surface area contributed by atoms with Crippen LogP contribution < -0.4 is 0 Å². The lowest BCUT2D eigenvalue weighted by molar-refractivity contribution is 0.213. The van der Waals surface area contributed by atoms with Crippen molar-refractivity contribution in [3.63, 3.8) is 0 Å².